The van der Waals surface area contributed by atoms with Gasteiger partial charge in [-0.05, 0) is 39.7 Å². The normalized spacial score (nSPS) is 29.4. The van der Waals surface area contributed by atoms with Crippen LogP contribution in [0.4, 0.5) is 0 Å². The third-order valence-electron chi connectivity index (χ3n) is 4.84. The van der Waals surface area contributed by atoms with E-state index in [4.69, 9.17) is 0 Å². The quantitative estimate of drug-likeness (QED) is 0.904. The molecule has 0 aromatic carbocycles. The zero-order valence-electron chi connectivity index (χ0n) is 12.4. The summed E-state index contributed by atoms with van der Waals surface area (Å²) in [7, 11) is 2.00. The summed E-state index contributed by atoms with van der Waals surface area (Å²) in [4.78, 5) is 2.68. The molecule has 2 aliphatic heterocycles. The van der Waals surface area contributed by atoms with Gasteiger partial charge in [0.25, 0.3) is 0 Å². The number of aryl methyl sites for hydroxylation is 2. The highest BCUT2D eigenvalue weighted by Crippen LogP contribution is 2.29. The van der Waals surface area contributed by atoms with Gasteiger partial charge in [-0.1, -0.05) is 6.42 Å². The lowest BCUT2D eigenvalue weighted by Crippen LogP contribution is -2.45. The number of rotatable bonds is 3. The first-order valence-corrected chi connectivity index (χ1v) is 7.65. The Balaban J connectivity index is 1.66. The lowest BCUT2D eigenvalue weighted by molar-refractivity contribution is 0.177. The van der Waals surface area contributed by atoms with E-state index in [1.165, 1.54) is 44.3 Å². The van der Waals surface area contributed by atoms with Crippen LogP contribution < -0.4 is 5.32 Å². The standard InChI is InChI=1S/C15H26N4/c1-11(13-10-18(3)17-12(13)2)16-14-7-9-19-8-5-4-6-15(14)19/h10-11,14-16H,4-9H2,1-3H3. The maximum absolute atomic E-state index is 4.45. The van der Waals surface area contributed by atoms with Crippen LogP contribution in [0.3, 0.4) is 0 Å². The smallest absolute Gasteiger partial charge is 0.0641 e. The van der Waals surface area contributed by atoms with E-state index in [2.05, 4.69) is 35.4 Å². The number of hydrogen-bond acceptors (Lipinski definition) is 3. The minimum absolute atomic E-state index is 0.403. The monoisotopic (exact) mass is 262 g/mol. The fourth-order valence-corrected chi connectivity index (χ4v) is 3.90. The van der Waals surface area contributed by atoms with Crippen molar-refractivity contribution in [3.05, 3.63) is 17.5 Å². The fourth-order valence-electron chi connectivity index (χ4n) is 3.90. The van der Waals surface area contributed by atoms with Crippen LogP contribution in [0.2, 0.25) is 0 Å². The van der Waals surface area contributed by atoms with Crippen LogP contribution in [-0.4, -0.2) is 39.9 Å². The molecule has 1 aromatic heterocycles. The van der Waals surface area contributed by atoms with Crippen molar-refractivity contribution in [3.63, 3.8) is 0 Å². The van der Waals surface area contributed by atoms with E-state index in [1.54, 1.807) is 0 Å². The Labute approximate surface area is 116 Å². The van der Waals surface area contributed by atoms with Gasteiger partial charge in [-0.15, -0.1) is 0 Å². The van der Waals surface area contributed by atoms with Gasteiger partial charge in [-0.25, -0.2) is 0 Å². The average Bonchev–Trinajstić information content (AvgIpc) is 2.94. The van der Waals surface area contributed by atoms with E-state index in [-0.39, 0.29) is 0 Å². The summed E-state index contributed by atoms with van der Waals surface area (Å²) in [6, 6.07) is 1.84. The minimum Gasteiger partial charge on any atom is -0.306 e. The summed E-state index contributed by atoms with van der Waals surface area (Å²) in [6.45, 7) is 6.97. The molecule has 3 unspecified atom stereocenters. The van der Waals surface area contributed by atoms with Crippen LogP contribution >= 0.6 is 0 Å². The molecule has 0 aliphatic carbocycles. The Hall–Kier alpha value is -0.870. The minimum atomic E-state index is 0.403. The van der Waals surface area contributed by atoms with Crippen LogP contribution in [0, 0.1) is 6.92 Å². The number of aromatic nitrogens is 2. The zero-order valence-corrected chi connectivity index (χ0v) is 12.4. The van der Waals surface area contributed by atoms with Gasteiger partial charge < -0.3 is 5.32 Å². The molecule has 2 saturated heterocycles. The first-order chi connectivity index (χ1) is 9.15. The van der Waals surface area contributed by atoms with Crippen molar-refractivity contribution in [1.82, 2.24) is 20.0 Å². The highest BCUT2D eigenvalue weighted by atomic mass is 15.3. The molecule has 3 heterocycles. The molecule has 19 heavy (non-hydrogen) atoms. The largest absolute Gasteiger partial charge is 0.306 e. The van der Waals surface area contributed by atoms with E-state index < -0.39 is 0 Å². The van der Waals surface area contributed by atoms with E-state index >= 15 is 0 Å². The Bertz CT molecular complexity index is 439. The van der Waals surface area contributed by atoms with Crippen molar-refractivity contribution in [2.24, 2.45) is 7.05 Å². The highest BCUT2D eigenvalue weighted by molar-refractivity contribution is 5.19. The first-order valence-electron chi connectivity index (χ1n) is 7.65. The van der Waals surface area contributed by atoms with Crippen LogP contribution in [0.25, 0.3) is 0 Å². The van der Waals surface area contributed by atoms with Gasteiger partial charge in [0.15, 0.2) is 0 Å². The molecule has 2 aliphatic rings. The Kier molecular flexibility index (Phi) is 3.63. The number of piperidine rings is 1. The number of hydrogen-bond donors (Lipinski definition) is 1. The molecule has 0 radical (unpaired) electrons. The summed E-state index contributed by atoms with van der Waals surface area (Å²) < 4.78 is 1.92. The summed E-state index contributed by atoms with van der Waals surface area (Å²) in [5.74, 6) is 0. The van der Waals surface area contributed by atoms with Gasteiger partial charge in [0.1, 0.15) is 0 Å². The molecular weight excluding hydrogens is 236 g/mol. The second kappa shape index (κ2) is 5.25. The molecule has 4 nitrogen and oxygen atoms in total. The maximum atomic E-state index is 4.45. The van der Waals surface area contributed by atoms with Gasteiger partial charge in [-0.3, -0.25) is 9.58 Å². The maximum Gasteiger partial charge on any atom is 0.0641 e. The van der Waals surface area contributed by atoms with Crippen molar-refractivity contribution < 1.29 is 0 Å². The molecule has 0 bridgehead atoms. The molecule has 0 saturated carbocycles. The van der Waals surface area contributed by atoms with Crippen molar-refractivity contribution in [2.45, 2.75) is 57.7 Å². The second-order valence-corrected chi connectivity index (χ2v) is 6.23. The Morgan fingerprint density at radius 1 is 1.32 bits per heavy atom. The number of nitrogens with zero attached hydrogens (tertiary/aromatic N) is 3. The third kappa shape index (κ3) is 2.56. The molecule has 0 amide bonds. The molecule has 0 spiro atoms. The molecule has 3 rings (SSSR count). The molecule has 4 heteroatoms. The van der Waals surface area contributed by atoms with E-state index in [1.807, 2.05) is 11.7 Å². The number of nitrogens with one attached hydrogen (secondary N) is 1. The van der Waals surface area contributed by atoms with E-state index in [9.17, 15) is 0 Å². The van der Waals surface area contributed by atoms with Crippen molar-refractivity contribution >= 4 is 0 Å². The predicted octanol–water partition coefficient (Wildman–Crippen LogP) is 2.01. The predicted molar refractivity (Wildman–Crippen MR) is 77.1 cm³/mol. The van der Waals surface area contributed by atoms with Crippen molar-refractivity contribution in [3.8, 4) is 0 Å². The van der Waals surface area contributed by atoms with Crippen LogP contribution in [0.1, 0.15) is 49.9 Å². The Morgan fingerprint density at radius 2 is 2.16 bits per heavy atom. The second-order valence-electron chi connectivity index (χ2n) is 6.23. The van der Waals surface area contributed by atoms with E-state index in [0.717, 1.165) is 11.7 Å². The average molecular weight is 262 g/mol. The van der Waals surface area contributed by atoms with Crippen LogP contribution in [0.5, 0.6) is 0 Å². The van der Waals surface area contributed by atoms with Gasteiger partial charge in [0, 0.05) is 43.5 Å². The number of fused-ring (bicyclic) bond motifs is 1. The summed E-state index contributed by atoms with van der Waals surface area (Å²) in [5.41, 5.74) is 2.50. The fraction of sp³-hybridized carbons (Fsp3) is 0.800. The molecule has 2 fully saturated rings. The summed E-state index contributed by atoms with van der Waals surface area (Å²) in [6.07, 6.45) is 7.62. The Morgan fingerprint density at radius 3 is 2.89 bits per heavy atom. The SMILES string of the molecule is Cc1nn(C)cc1C(C)NC1CCN2CCCCC12. The summed E-state index contributed by atoms with van der Waals surface area (Å²) in [5, 5.41) is 8.31. The van der Waals surface area contributed by atoms with Gasteiger partial charge >= 0.3 is 0 Å². The van der Waals surface area contributed by atoms with E-state index in [0.29, 0.717) is 12.1 Å². The van der Waals surface area contributed by atoms with Gasteiger partial charge in [0.05, 0.1) is 5.69 Å². The van der Waals surface area contributed by atoms with Crippen LogP contribution in [0.15, 0.2) is 6.20 Å². The lowest BCUT2D eigenvalue weighted by atomic mass is 9.97. The lowest BCUT2D eigenvalue weighted by Gasteiger charge is -2.33. The summed E-state index contributed by atoms with van der Waals surface area (Å²) >= 11 is 0. The molecule has 1 N–H and O–H groups in total. The topological polar surface area (TPSA) is 33.1 Å². The molecule has 1 aromatic rings. The molecule has 3 atom stereocenters. The first kappa shape index (κ1) is 13.1. The van der Waals surface area contributed by atoms with Gasteiger partial charge in [0.2, 0.25) is 0 Å². The van der Waals surface area contributed by atoms with Gasteiger partial charge in [-0.2, -0.15) is 5.10 Å². The molecule has 106 valence electrons. The highest BCUT2D eigenvalue weighted by Gasteiger charge is 2.36. The van der Waals surface area contributed by atoms with Crippen molar-refractivity contribution in [2.75, 3.05) is 13.1 Å². The van der Waals surface area contributed by atoms with Crippen LogP contribution in [-0.2, 0) is 7.05 Å². The molecular formula is C15H26N4. The third-order valence-corrected chi connectivity index (χ3v) is 4.84. The zero-order chi connectivity index (χ0) is 13.4. The van der Waals surface area contributed by atoms with Crippen molar-refractivity contribution in [1.29, 1.82) is 0 Å².